The van der Waals surface area contributed by atoms with Crippen molar-refractivity contribution in [1.29, 1.82) is 0 Å². The predicted octanol–water partition coefficient (Wildman–Crippen LogP) is 3.85. The number of nitrogens with zero attached hydrogens (tertiary/aromatic N) is 4. The quantitative estimate of drug-likeness (QED) is 0.0671. The van der Waals surface area contributed by atoms with E-state index < -0.39 is 54.0 Å². The van der Waals surface area contributed by atoms with Crippen LogP contribution in [0.2, 0.25) is 5.02 Å². The van der Waals surface area contributed by atoms with Crippen LogP contribution in [0, 0.1) is 18.6 Å². The van der Waals surface area contributed by atoms with E-state index in [0.717, 1.165) is 35.3 Å². The number of aliphatic imine (C=N–C) groups is 1. The summed E-state index contributed by atoms with van der Waals surface area (Å²) in [5, 5.41) is 15.3. The molecule has 0 saturated carbocycles. The van der Waals surface area contributed by atoms with Crippen LogP contribution in [0.5, 0.6) is 5.75 Å². The van der Waals surface area contributed by atoms with Crippen molar-refractivity contribution >= 4 is 23.4 Å². The highest BCUT2D eigenvalue weighted by atomic mass is 35.5. The number of hydrogen-bond donors (Lipinski definition) is 4. The summed E-state index contributed by atoms with van der Waals surface area (Å²) in [5.41, 5.74) is 12.4. The van der Waals surface area contributed by atoms with E-state index in [1.807, 2.05) is 0 Å². The molecule has 44 heavy (non-hydrogen) atoms. The first kappa shape index (κ1) is 34.8. The average Bonchev–Trinajstić information content (AvgIpc) is 3.36. The molecule has 0 saturated heterocycles. The van der Waals surface area contributed by atoms with Gasteiger partial charge < -0.3 is 30.9 Å². The molecule has 0 aliphatic carbocycles. The number of alkyl halides is 3. The molecule has 0 radical (unpaired) electrons. The maximum Gasteiger partial charge on any atom is 0.418 e. The van der Waals surface area contributed by atoms with Crippen LogP contribution < -0.4 is 21.7 Å². The van der Waals surface area contributed by atoms with Gasteiger partial charge in [0.15, 0.2) is 17.4 Å². The van der Waals surface area contributed by atoms with Crippen LogP contribution in [0.15, 0.2) is 41.5 Å². The monoisotopic (exact) mass is 647 g/mol. The van der Waals surface area contributed by atoms with Crippen molar-refractivity contribution in [3.63, 3.8) is 0 Å². The molecule has 0 spiro atoms. The molecule has 6 N–H and O–H groups in total. The van der Waals surface area contributed by atoms with Crippen molar-refractivity contribution in [3.8, 4) is 11.4 Å². The zero-order valence-corrected chi connectivity index (χ0v) is 24.5. The summed E-state index contributed by atoms with van der Waals surface area (Å²) < 4.78 is 82.1. The fourth-order valence-corrected chi connectivity index (χ4v) is 4.15. The van der Waals surface area contributed by atoms with Gasteiger partial charge >= 0.3 is 6.18 Å². The Morgan fingerprint density at radius 2 is 1.95 bits per heavy atom. The van der Waals surface area contributed by atoms with E-state index in [9.17, 15) is 27.1 Å². The van der Waals surface area contributed by atoms with E-state index in [-0.39, 0.29) is 40.1 Å². The number of aliphatic hydroxyl groups is 1. The minimum Gasteiger partial charge on any atom is -0.494 e. The number of benzene rings is 2. The third kappa shape index (κ3) is 8.49. The Hall–Kier alpha value is -3.67. The highest BCUT2D eigenvalue weighted by Crippen LogP contribution is 2.36. The highest BCUT2D eigenvalue weighted by Gasteiger charge is 2.37. The second kappa shape index (κ2) is 15.4. The molecule has 0 aliphatic heterocycles. The lowest BCUT2D eigenvalue weighted by atomic mass is 10.1. The molecule has 2 unspecified atom stereocenters. The Morgan fingerprint density at radius 1 is 1.23 bits per heavy atom. The predicted molar refractivity (Wildman–Crippen MR) is 152 cm³/mol. The molecule has 1 aromatic heterocycles. The van der Waals surface area contributed by atoms with Crippen molar-refractivity contribution in [2.24, 2.45) is 16.5 Å². The standard InChI is InChI=1S/C27H31ClF5N7O4/c1-4-43-37-13-22(35)44-25(20(41)12-36-11-15(10-34)17-6-8-21(42-3)24(30)23(17)29)26-38-14(2)39-40(26)19-9-16(28)5-7-18(19)27(31,32)33/h5-11,20,22,25,37,41H,4,12-13,34-35H2,1-3H3/b15-10+,36-11?/t20-,22?,25?/m0/s1. The fraction of sp³-hybridized carbons (Fsp3) is 0.370. The molecule has 240 valence electrons. The summed E-state index contributed by atoms with van der Waals surface area (Å²) in [5.74, 6) is -3.01. The number of aliphatic hydroxyl groups excluding tert-OH is 1. The van der Waals surface area contributed by atoms with Crippen molar-refractivity contribution in [2.45, 2.75) is 38.5 Å². The number of methoxy groups -OCH3 is 1. The molecule has 0 aliphatic rings. The van der Waals surface area contributed by atoms with Crippen LogP contribution in [-0.4, -0.2) is 65.2 Å². The average molecular weight is 648 g/mol. The first-order valence-electron chi connectivity index (χ1n) is 13.0. The number of nitrogens with one attached hydrogen (secondary N) is 1. The molecule has 3 atom stereocenters. The molecule has 0 fully saturated rings. The third-order valence-corrected chi connectivity index (χ3v) is 6.20. The molecule has 11 nitrogen and oxygen atoms in total. The third-order valence-electron chi connectivity index (χ3n) is 5.97. The summed E-state index contributed by atoms with van der Waals surface area (Å²) in [4.78, 5) is 13.3. The lowest BCUT2D eigenvalue weighted by Gasteiger charge is -2.26. The van der Waals surface area contributed by atoms with Gasteiger partial charge in [0.1, 0.15) is 24.3 Å². The Labute approximate surface area is 254 Å². The summed E-state index contributed by atoms with van der Waals surface area (Å²) in [7, 11) is 1.18. The number of aromatic nitrogens is 3. The Balaban J connectivity index is 2.00. The van der Waals surface area contributed by atoms with Crippen molar-refractivity contribution in [2.75, 3.05) is 26.8 Å². The minimum absolute atomic E-state index is 0.0179. The zero-order chi connectivity index (χ0) is 32.6. The van der Waals surface area contributed by atoms with E-state index in [1.54, 1.807) is 6.92 Å². The molecule has 3 aromatic rings. The van der Waals surface area contributed by atoms with Crippen LogP contribution >= 0.6 is 11.6 Å². The van der Waals surface area contributed by atoms with Crippen molar-refractivity contribution in [3.05, 3.63) is 76.0 Å². The normalized spacial score (nSPS) is 14.7. The maximum atomic E-state index is 14.6. The molecule has 3 rings (SSSR count). The number of rotatable bonds is 14. The summed E-state index contributed by atoms with van der Waals surface area (Å²) >= 11 is 6.03. The fourth-order valence-electron chi connectivity index (χ4n) is 3.99. The van der Waals surface area contributed by atoms with Gasteiger partial charge in [-0.3, -0.25) is 4.99 Å². The molecule has 17 heteroatoms. The number of hydroxylamine groups is 1. The van der Waals surface area contributed by atoms with Gasteiger partial charge in [-0.25, -0.2) is 14.1 Å². The topological polar surface area (TPSA) is 155 Å². The van der Waals surface area contributed by atoms with E-state index in [4.69, 9.17) is 37.4 Å². The lowest BCUT2D eigenvalue weighted by molar-refractivity contribution is -0.137. The first-order valence-corrected chi connectivity index (χ1v) is 13.4. The number of aryl methyl sites for hydroxylation is 1. The van der Waals surface area contributed by atoms with Crippen molar-refractivity contribution < 1.29 is 41.4 Å². The molecule has 1 heterocycles. The number of ether oxygens (including phenoxy) is 2. The molecular formula is C27H31ClF5N7O4. The highest BCUT2D eigenvalue weighted by molar-refractivity contribution is 6.30. The summed E-state index contributed by atoms with van der Waals surface area (Å²) in [6.45, 7) is 2.89. The molecule has 2 aromatic carbocycles. The summed E-state index contributed by atoms with van der Waals surface area (Å²) in [6, 6.07) is 5.32. The zero-order valence-electron chi connectivity index (χ0n) is 23.8. The second-order valence-electron chi connectivity index (χ2n) is 9.09. The first-order chi connectivity index (χ1) is 20.8. The lowest BCUT2D eigenvalue weighted by Crippen LogP contribution is -2.40. The van der Waals surface area contributed by atoms with E-state index in [0.29, 0.717) is 6.61 Å². The van der Waals surface area contributed by atoms with Gasteiger partial charge in [0.25, 0.3) is 0 Å². The SMILES string of the molecule is CCONCC(N)OC(c1nc(C)nn1-c1cc(Cl)ccc1C(F)(F)F)[C@@H](O)CN=C/C(=C\N)c1ccc(OC)c(F)c1F. The molecule has 0 bridgehead atoms. The van der Waals surface area contributed by atoms with Gasteiger partial charge in [0, 0.05) is 28.6 Å². The van der Waals surface area contributed by atoms with Crippen molar-refractivity contribution in [1.82, 2.24) is 20.2 Å². The number of halogens is 6. The molecular weight excluding hydrogens is 617 g/mol. The molecule has 0 amide bonds. The van der Waals surface area contributed by atoms with Gasteiger partial charge in [-0.05, 0) is 44.2 Å². The number of nitrogens with two attached hydrogens (primary N) is 2. The number of hydrogen-bond acceptors (Lipinski definition) is 10. The Kier molecular flexibility index (Phi) is 12.2. The minimum atomic E-state index is -4.80. The van der Waals surface area contributed by atoms with Gasteiger partial charge in [-0.1, -0.05) is 11.6 Å². The van der Waals surface area contributed by atoms with Gasteiger partial charge in [-0.15, -0.1) is 0 Å². The van der Waals surface area contributed by atoms with E-state index in [2.05, 4.69) is 20.6 Å². The Bertz CT molecular complexity index is 1490. The van der Waals surface area contributed by atoms with E-state index >= 15 is 0 Å². The second-order valence-corrected chi connectivity index (χ2v) is 9.53. The van der Waals surface area contributed by atoms with Crippen LogP contribution in [0.25, 0.3) is 11.3 Å². The number of allylic oxidation sites excluding steroid dienone is 1. The maximum absolute atomic E-state index is 14.6. The Morgan fingerprint density at radius 3 is 2.59 bits per heavy atom. The van der Waals surface area contributed by atoms with Crippen LogP contribution in [0.1, 0.15) is 35.8 Å². The summed E-state index contributed by atoms with van der Waals surface area (Å²) in [6.07, 6.45) is -7.01. The van der Waals surface area contributed by atoms with Crippen LogP contribution in [-0.2, 0) is 15.8 Å². The van der Waals surface area contributed by atoms with Gasteiger partial charge in [0.05, 0.1) is 38.1 Å². The van der Waals surface area contributed by atoms with Crippen LogP contribution in [0.4, 0.5) is 22.0 Å². The van der Waals surface area contributed by atoms with Crippen LogP contribution in [0.3, 0.4) is 0 Å². The van der Waals surface area contributed by atoms with E-state index in [1.165, 1.54) is 26.2 Å². The van der Waals surface area contributed by atoms with Gasteiger partial charge in [0.2, 0.25) is 5.82 Å². The largest absolute Gasteiger partial charge is 0.494 e. The van der Waals surface area contributed by atoms with Gasteiger partial charge in [-0.2, -0.15) is 28.1 Å². The smallest absolute Gasteiger partial charge is 0.418 e.